The Morgan fingerprint density at radius 3 is 1.71 bits per heavy atom. The summed E-state index contributed by atoms with van der Waals surface area (Å²) in [6.45, 7) is 3.39. The van der Waals surface area contributed by atoms with Crippen LogP contribution in [0.5, 0.6) is 0 Å². The van der Waals surface area contributed by atoms with Gasteiger partial charge in [0.15, 0.2) is 11.6 Å². The van der Waals surface area contributed by atoms with Crippen LogP contribution in [0.2, 0.25) is 0 Å². The van der Waals surface area contributed by atoms with E-state index in [9.17, 15) is 40.7 Å². The number of Topliss-reactive ketones (excluding diaryl/α,β-unsaturated/α-hetero) is 2. The number of hydrogen-bond acceptors (Lipinski definition) is 7. The molecule has 0 unspecified atom stereocenters. The van der Waals surface area contributed by atoms with Crippen molar-refractivity contribution in [2.24, 2.45) is 16.6 Å². The number of aliphatic hydroxyl groups is 1. The summed E-state index contributed by atoms with van der Waals surface area (Å²) in [5.41, 5.74) is 9.52. The number of methoxy groups -OCH3 is 1. The molecule has 2 heterocycles. The minimum absolute atomic E-state index is 0.0579. The van der Waals surface area contributed by atoms with Gasteiger partial charge in [0, 0.05) is 93.7 Å². The van der Waals surface area contributed by atoms with Gasteiger partial charge < -0.3 is 31.1 Å². The summed E-state index contributed by atoms with van der Waals surface area (Å²) in [7, 11) is 1.59. The van der Waals surface area contributed by atoms with Crippen molar-refractivity contribution in [2.75, 3.05) is 46.5 Å². The standard InChI is InChI=1S/C25H27F3N2O3.C14H16FNO.C11H15F2NO/c26-19-4-3-17-13-25(14-23(32)20(17)11-19)5-7-30(8-6-25)24(33)29-15-18-10-16(2-1-9-31)21(27)12-22(18)28;15-11-2-1-10-8-14(3-5-16-6-4-14)9-13(17)12(10)7-11;1-15-4-2-3-8-5-9(7-14)11(13)6-10(8)12/h3-4,10-12,31H,1-2,5-9,13-15H2,(H,29,33);1-2,7,16H,3-6,8-9H2;5-6H,2-4,7,14H2,1H3. The lowest BCUT2D eigenvalue weighted by atomic mass is 9.66. The van der Waals surface area contributed by atoms with Gasteiger partial charge in [-0.25, -0.2) is 31.1 Å². The van der Waals surface area contributed by atoms with Crippen LogP contribution in [-0.4, -0.2) is 74.1 Å². The van der Waals surface area contributed by atoms with E-state index in [0.717, 1.165) is 55.6 Å². The molecule has 2 amide bonds. The van der Waals surface area contributed by atoms with Crippen molar-refractivity contribution in [3.05, 3.63) is 140 Å². The summed E-state index contributed by atoms with van der Waals surface area (Å²) in [4.78, 5) is 39.0. The second-order valence-electron chi connectivity index (χ2n) is 17.7. The number of nitrogens with one attached hydrogen (secondary N) is 2. The van der Waals surface area contributed by atoms with Crippen LogP contribution in [0.15, 0.2) is 60.7 Å². The molecule has 4 aliphatic rings. The fourth-order valence-electron chi connectivity index (χ4n) is 9.50. The summed E-state index contributed by atoms with van der Waals surface area (Å²) in [6.07, 6.45) is 7.84. The minimum Gasteiger partial charge on any atom is -0.396 e. The fraction of sp³-hybridized carbons (Fsp3) is 0.460. The van der Waals surface area contributed by atoms with Crippen LogP contribution in [0.4, 0.5) is 31.1 Å². The first-order valence-electron chi connectivity index (χ1n) is 22.3. The van der Waals surface area contributed by atoms with Gasteiger partial charge in [0.2, 0.25) is 0 Å². The molecule has 0 bridgehead atoms. The van der Waals surface area contributed by atoms with Crippen LogP contribution in [0.25, 0.3) is 0 Å². The molecule has 9 nitrogen and oxygen atoms in total. The Labute approximate surface area is 376 Å². The van der Waals surface area contributed by atoms with Crippen molar-refractivity contribution in [1.82, 2.24) is 15.5 Å². The van der Waals surface area contributed by atoms with Gasteiger partial charge in [-0.1, -0.05) is 12.1 Å². The summed E-state index contributed by atoms with van der Waals surface area (Å²) < 4.78 is 85.9. The van der Waals surface area contributed by atoms with Crippen LogP contribution in [-0.2, 0) is 43.5 Å². The van der Waals surface area contributed by atoms with Crippen LogP contribution in [0, 0.1) is 45.7 Å². The number of ether oxygens (including phenoxy) is 1. The molecule has 2 saturated heterocycles. The monoisotopic (exact) mass is 908 g/mol. The van der Waals surface area contributed by atoms with E-state index in [2.05, 4.69) is 10.6 Å². The summed E-state index contributed by atoms with van der Waals surface area (Å²) in [6, 6.07) is 13.2. The zero-order valence-electron chi connectivity index (χ0n) is 36.8. The van der Waals surface area contributed by atoms with Crippen LogP contribution in [0.3, 0.4) is 0 Å². The van der Waals surface area contributed by atoms with Gasteiger partial charge in [-0.3, -0.25) is 9.59 Å². The van der Waals surface area contributed by atoms with Gasteiger partial charge in [0.25, 0.3) is 0 Å². The molecule has 2 aliphatic heterocycles. The number of hydrogen-bond donors (Lipinski definition) is 4. The Hall–Kier alpha value is -5.09. The van der Waals surface area contributed by atoms with Crippen LogP contribution < -0.4 is 16.4 Å². The molecule has 4 aromatic carbocycles. The highest BCUT2D eigenvalue weighted by molar-refractivity contribution is 5.99. The number of rotatable bonds is 10. The molecule has 0 radical (unpaired) electrons. The van der Waals surface area contributed by atoms with Gasteiger partial charge in [0.1, 0.15) is 34.9 Å². The summed E-state index contributed by atoms with van der Waals surface area (Å²) in [5.74, 6) is -3.14. The first kappa shape index (κ1) is 49.3. The molecule has 8 rings (SSSR count). The molecular formula is C50H58F6N4O5. The fourth-order valence-corrected chi connectivity index (χ4v) is 9.50. The first-order chi connectivity index (χ1) is 31.2. The number of fused-ring (bicyclic) bond motifs is 2. The van der Waals surface area contributed by atoms with Gasteiger partial charge in [-0.15, -0.1) is 0 Å². The molecule has 2 spiro atoms. The molecule has 2 fully saturated rings. The molecule has 5 N–H and O–H groups in total. The van der Waals surface area contributed by atoms with Gasteiger partial charge in [-0.05, 0) is 147 Å². The number of amides is 2. The predicted molar refractivity (Wildman–Crippen MR) is 234 cm³/mol. The SMILES string of the molecule is COCCCc1cc(CN)c(F)cc1F.O=C1CC2(CCN(C(=O)NCc3cc(CCCO)c(F)cc3F)CC2)Cc2ccc(F)cc21.O=C1CC2(CCNCC2)Cc2ccc(F)cc21. The molecule has 0 saturated carbocycles. The van der Waals surface area contributed by atoms with E-state index < -0.39 is 29.1 Å². The molecule has 65 heavy (non-hydrogen) atoms. The maximum absolute atomic E-state index is 14.2. The predicted octanol–water partition coefficient (Wildman–Crippen LogP) is 8.48. The molecule has 0 aromatic heterocycles. The van der Waals surface area contributed by atoms with Crippen molar-refractivity contribution in [3.63, 3.8) is 0 Å². The average molecular weight is 909 g/mol. The molecule has 4 aromatic rings. The van der Waals surface area contributed by atoms with E-state index in [1.807, 2.05) is 0 Å². The normalized spacial score (nSPS) is 17.1. The lowest BCUT2D eigenvalue weighted by molar-refractivity contribution is 0.0734. The summed E-state index contributed by atoms with van der Waals surface area (Å²) in [5, 5.41) is 15.0. The number of aliphatic hydroxyl groups excluding tert-OH is 1. The number of urea groups is 1. The number of benzene rings is 4. The highest BCUT2D eigenvalue weighted by Gasteiger charge is 2.42. The number of ketones is 2. The van der Waals surface area contributed by atoms with Crippen molar-refractivity contribution in [3.8, 4) is 0 Å². The number of aryl methyl sites for hydroxylation is 2. The third kappa shape index (κ3) is 12.6. The van der Waals surface area contributed by atoms with Crippen molar-refractivity contribution >= 4 is 17.6 Å². The molecule has 0 atom stereocenters. The topological polar surface area (TPSA) is 134 Å². The third-order valence-corrected chi connectivity index (χ3v) is 13.2. The smallest absolute Gasteiger partial charge is 0.317 e. The number of nitrogens with two attached hydrogens (primary N) is 1. The van der Waals surface area contributed by atoms with Crippen LogP contribution >= 0.6 is 0 Å². The quantitative estimate of drug-likeness (QED) is 0.0927. The molecule has 15 heteroatoms. The Balaban J connectivity index is 0.000000182. The average Bonchev–Trinajstić information content (AvgIpc) is 3.28. The van der Waals surface area contributed by atoms with E-state index in [-0.39, 0.29) is 65.9 Å². The zero-order chi connectivity index (χ0) is 46.7. The Morgan fingerprint density at radius 2 is 1.18 bits per heavy atom. The largest absolute Gasteiger partial charge is 0.396 e. The van der Waals surface area contributed by atoms with Crippen molar-refractivity contribution in [2.45, 2.75) is 90.1 Å². The Bertz CT molecular complexity index is 2330. The number of piperidine rings is 2. The molecule has 350 valence electrons. The van der Waals surface area contributed by atoms with E-state index in [1.165, 1.54) is 36.4 Å². The minimum atomic E-state index is -0.728. The van der Waals surface area contributed by atoms with Crippen molar-refractivity contribution < 1.29 is 50.6 Å². The third-order valence-electron chi connectivity index (χ3n) is 13.2. The van der Waals surface area contributed by atoms with E-state index >= 15 is 0 Å². The van der Waals surface area contributed by atoms with E-state index in [4.69, 9.17) is 15.6 Å². The lowest BCUT2D eigenvalue weighted by Gasteiger charge is -2.44. The number of carbonyl (C=O) groups excluding carboxylic acids is 3. The maximum atomic E-state index is 14.2. The Morgan fingerprint density at radius 1 is 0.692 bits per heavy atom. The second kappa shape index (κ2) is 22.4. The molecule has 2 aliphatic carbocycles. The molecular weight excluding hydrogens is 851 g/mol. The second-order valence-corrected chi connectivity index (χ2v) is 17.7. The van der Waals surface area contributed by atoms with Gasteiger partial charge in [-0.2, -0.15) is 0 Å². The Kier molecular flexibility index (Phi) is 17.0. The first-order valence-corrected chi connectivity index (χ1v) is 22.3. The van der Waals surface area contributed by atoms with Crippen molar-refractivity contribution in [1.29, 1.82) is 0 Å². The zero-order valence-corrected chi connectivity index (χ0v) is 36.8. The highest BCUT2D eigenvalue weighted by atomic mass is 19.2. The highest BCUT2D eigenvalue weighted by Crippen LogP contribution is 2.44. The number of carbonyl (C=O) groups is 3. The van der Waals surface area contributed by atoms with E-state index in [0.29, 0.717) is 98.9 Å². The maximum Gasteiger partial charge on any atom is 0.317 e. The lowest BCUT2D eigenvalue weighted by Crippen LogP contribution is -2.49. The number of halogens is 6. The van der Waals surface area contributed by atoms with E-state index in [1.54, 1.807) is 24.1 Å². The number of nitrogens with zero attached hydrogens (tertiary/aromatic N) is 1. The van der Waals surface area contributed by atoms with Gasteiger partial charge >= 0.3 is 6.03 Å². The van der Waals surface area contributed by atoms with Gasteiger partial charge in [0.05, 0.1) is 0 Å². The summed E-state index contributed by atoms with van der Waals surface area (Å²) >= 11 is 0. The van der Waals surface area contributed by atoms with Crippen LogP contribution in [0.1, 0.15) is 105 Å². The number of likely N-dealkylation sites (tertiary alicyclic amines) is 1.